The minimum atomic E-state index is -3.16. The van der Waals surface area contributed by atoms with E-state index in [0.717, 1.165) is 0 Å². The van der Waals surface area contributed by atoms with Crippen LogP contribution in [-0.4, -0.2) is 48.1 Å². The summed E-state index contributed by atoms with van der Waals surface area (Å²) in [7, 11) is -3.16. The first-order chi connectivity index (χ1) is 8.80. The Morgan fingerprint density at radius 2 is 1.95 bits per heavy atom. The Labute approximate surface area is 119 Å². The fraction of sp³-hybridized carbons (Fsp3) is 0.636. The fourth-order valence-electron chi connectivity index (χ4n) is 1.65. The maximum Gasteiger partial charge on any atom is 0.222 e. The number of aromatic nitrogens is 2. The monoisotopic (exact) mass is 306 g/mol. The Kier molecular flexibility index (Phi) is 5.96. The van der Waals surface area contributed by atoms with Crippen LogP contribution in [0.3, 0.4) is 0 Å². The van der Waals surface area contributed by atoms with E-state index < -0.39 is 10.0 Å². The SMILES string of the molecule is CC(C)N(CCCNc1ncc(Cl)cn1)S(C)(=O)=O. The molecule has 0 saturated carbocycles. The van der Waals surface area contributed by atoms with Gasteiger partial charge < -0.3 is 5.32 Å². The van der Waals surface area contributed by atoms with Crippen molar-refractivity contribution in [2.24, 2.45) is 0 Å². The zero-order valence-corrected chi connectivity index (χ0v) is 12.9. The maximum absolute atomic E-state index is 11.5. The first kappa shape index (κ1) is 16.1. The van der Waals surface area contributed by atoms with Crippen LogP contribution in [-0.2, 0) is 10.0 Å². The molecule has 0 saturated heterocycles. The molecule has 8 heteroatoms. The molecule has 0 atom stereocenters. The summed E-state index contributed by atoms with van der Waals surface area (Å²) in [5.74, 6) is 0.486. The Morgan fingerprint density at radius 3 is 2.42 bits per heavy atom. The second-order valence-electron chi connectivity index (χ2n) is 4.47. The van der Waals surface area contributed by atoms with Crippen molar-refractivity contribution in [3.05, 3.63) is 17.4 Å². The van der Waals surface area contributed by atoms with E-state index in [1.165, 1.54) is 23.0 Å². The molecule has 19 heavy (non-hydrogen) atoms. The van der Waals surface area contributed by atoms with Gasteiger partial charge in [0.05, 0.1) is 23.7 Å². The molecule has 1 N–H and O–H groups in total. The average Bonchev–Trinajstić information content (AvgIpc) is 2.29. The number of rotatable bonds is 7. The van der Waals surface area contributed by atoms with Gasteiger partial charge in [-0.25, -0.2) is 18.4 Å². The highest BCUT2D eigenvalue weighted by Gasteiger charge is 2.18. The van der Waals surface area contributed by atoms with Crippen LogP contribution in [0.2, 0.25) is 5.02 Å². The number of halogens is 1. The minimum absolute atomic E-state index is 0.0400. The Bertz CT molecular complexity index is 490. The lowest BCUT2D eigenvalue weighted by molar-refractivity contribution is 0.355. The lowest BCUT2D eigenvalue weighted by Crippen LogP contribution is -2.37. The van der Waals surface area contributed by atoms with Crippen molar-refractivity contribution >= 4 is 27.6 Å². The van der Waals surface area contributed by atoms with Gasteiger partial charge in [-0.1, -0.05) is 11.6 Å². The second-order valence-corrected chi connectivity index (χ2v) is 6.84. The third-order valence-corrected chi connectivity index (χ3v) is 4.11. The Hall–Kier alpha value is -0.920. The highest BCUT2D eigenvalue weighted by Crippen LogP contribution is 2.07. The summed E-state index contributed by atoms with van der Waals surface area (Å²) in [6.45, 7) is 4.78. The van der Waals surface area contributed by atoms with Gasteiger partial charge in [-0.2, -0.15) is 4.31 Å². The molecule has 0 amide bonds. The highest BCUT2D eigenvalue weighted by atomic mass is 35.5. The molecule has 0 aliphatic rings. The molecule has 0 spiro atoms. The minimum Gasteiger partial charge on any atom is -0.354 e. The number of anilines is 1. The van der Waals surface area contributed by atoms with Gasteiger partial charge in [-0.05, 0) is 20.3 Å². The molecule has 0 unspecified atom stereocenters. The summed E-state index contributed by atoms with van der Waals surface area (Å²) in [4.78, 5) is 7.99. The highest BCUT2D eigenvalue weighted by molar-refractivity contribution is 7.88. The molecule has 1 aromatic rings. The molecule has 1 heterocycles. The van der Waals surface area contributed by atoms with Crippen LogP contribution < -0.4 is 5.32 Å². The average molecular weight is 307 g/mol. The largest absolute Gasteiger partial charge is 0.354 e. The number of hydrogen-bond acceptors (Lipinski definition) is 5. The topological polar surface area (TPSA) is 75.2 Å². The summed E-state index contributed by atoms with van der Waals surface area (Å²) >= 11 is 5.67. The molecule has 0 bridgehead atoms. The number of nitrogens with one attached hydrogen (secondary N) is 1. The number of sulfonamides is 1. The van der Waals surface area contributed by atoms with E-state index in [4.69, 9.17) is 11.6 Å². The van der Waals surface area contributed by atoms with Crippen molar-refractivity contribution in [2.75, 3.05) is 24.7 Å². The van der Waals surface area contributed by atoms with Crippen molar-refractivity contribution in [1.82, 2.24) is 14.3 Å². The maximum atomic E-state index is 11.5. The number of hydrogen-bond donors (Lipinski definition) is 1. The molecule has 1 aromatic heterocycles. The predicted octanol–water partition coefficient (Wildman–Crippen LogP) is 1.60. The third kappa shape index (κ3) is 5.71. The van der Waals surface area contributed by atoms with Crippen LogP contribution in [0.4, 0.5) is 5.95 Å². The lowest BCUT2D eigenvalue weighted by Gasteiger charge is -2.23. The van der Waals surface area contributed by atoms with Gasteiger partial charge in [0, 0.05) is 19.1 Å². The van der Waals surface area contributed by atoms with Crippen molar-refractivity contribution in [2.45, 2.75) is 26.3 Å². The van der Waals surface area contributed by atoms with Gasteiger partial charge in [-0.3, -0.25) is 0 Å². The van der Waals surface area contributed by atoms with E-state index in [9.17, 15) is 8.42 Å². The van der Waals surface area contributed by atoms with Gasteiger partial charge in [-0.15, -0.1) is 0 Å². The van der Waals surface area contributed by atoms with Gasteiger partial charge in [0.1, 0.15) is 0 Å². The van der Waals surface area contributed by atoms with E-state index in [1.54, 1.807) is 0 Å². The van der Waals surface area contributed by atoms with Gasteiger partial charge in [0.2, 0.25) is 16.0 Å². The molecule has 108 valence electrons. The fourth-order valence-corrected chi connectivity index (χ4v) is 2.97. The van der Waals surface area contributed by atoms with Gasteiger partial charge >= 0.3 is 0 Å². The first-order valence-corrected chi connectivity index (χ1v) is 8.21. The zero-order chi connectivity index (χ0) is 14.5. The van der Waals surface area contributed by atoms with Crippen LogP contribution in [0.25, 0.3) is 0 Å². The Morgan fingerprint density at radius 1 is 1.37 bits per heavy atom. The normalized spacial score (nSPS) is 12.1. The second kappa shape index (κ2) is 7.02. The summed E-state index contributed by atoms with van der Waals surface area (Å²) in [6.07, 6.45) is 4.92. The van der Waals surface area contributed by atoms with Gasteiger partial charge in [0.25, 0.3) is 0 Å². The summed E-state index contributed by atoms with van der Waals surface area (Å²) < 4.78 is 24.6. The van der Waals surface area contributed by atoms with Gasteiger partial charge in [0.15, 0.2) is 0 Å². The molecule has 1 rings (SSSR count). The predicted molar refractivity (Wildman–Crippen MR) is 76.8 cm³/mol. The molecular weight excluding hydrogens is 288 g/mol. The van der Waals surface area contributed by atoms with Crippen molar-refractivity contribution in [3.63, 3.8) is 0 Å². The Balaban J connectivity index is 2.39. The van der Waals surface area contributed by atoms with Crippen LogP contribution >= 0.6 is 11.6 Å². The summed E-state index contributed by atoms with van der Waals surface area (Å²) in [6, 6.07) is -0.0400. The van der Waals surface area contributed by atoms with Crippen LogP contribution in [0, 0.1) is 0 Å². The molecule has 0 aliphatic carbocycles. The van der Waals surface area contributed by atoms with Crippen molar-refractivity contribution < 1.29 is 8.42 Å². The first-order valence-electron chi connectivity index (χ1n) is 5.99. The van der Waals surface area contributed by atoms with E-state index in [2.05, 4.69) is 15.3 Å². The van der Waals surface area contributed by atoms with Crippen LogP contribution in [0.1, 0.15) is 20.3 Å². The molecule has 0 radical (unpaired) electrons. The smallest absolute Gasteiger partial charge is 0.222 e. The molecular formula is C11H19ClN4O2S. The van der Waals surface area contributed by atoms with Crippen molar-refractivity contribution in [3.8, 4) is 0 Å². The number of nitrogens with zero attached hydrogens (tertiary/aromatic N) is 3. The van der Waals surface area contributed by atoms with Crippen LogP contribution in [0.15, 0.2) is 12.4 Å². The summed E-state index contributed by atoms with van der Waals surface area (Å²) in [5, 5.41) is 3.50. The lowest BCUT2D eigenvalue weighted by atomic mass is 10.3. The van der Waals surface area contributed by atoms with E-state index in [-0.39, 0.29) is 6.04 Å². The van der Waals surface area contributed by atoms with E-state index >= 15 is 0 Å². The molecule has 0 aromatic carbocycles. The van der Waals surface area contributed by atoms with Crippen molar-refractivity contribution in [1.29, 1.82) is 0 Å². The van der Waals surface area contributed by atoms with E-state index in [1.807, 2.05) is 13.8 Å². The standard InChI is InChI=1S/C11H19ClN4O2S/c1-9(2)16(19(3,17)18)6-4-5-13-11-14-7-10(12)8-15-11/h7-9H,4-6H2,1-3H3,(H,13,14,15). The van der Waals surface area contributed by atoms with E-state index in [0.29, 0.717) is 30.5 Å². The molecule has 6 nitrogen and oxygen atoms in total. The third-order valence-electron chi connectivity index (χ3n) is 2.46. The summed E-state index contributed by atoms with van der Waals surface area (Å²) in [5.41, 5.74) is 0. The molecule has 0 fully saturated rings. The molecule has 0 aliphatic heterocycles. The quantitative estimate of drug-likeness (QED) is 0.775. The zero-order valence-electron chi connectivity index (χ0n) is 11.3. The van der Waals surface area contributed by atoms with Crippen LogP contribution in [0.5, 0.6) is 0 Å².